The zero-order chi connectivity index (χ0) is 10.6. The molecule has 0 spiro atoms. The molecule has 74 valence electrons. The number of rotatable bonds is 3. The van der Waals surface area contributed by atoms with Crippen LogP contribution in [0.3, 0.4) is 0 Å². The molecule has 2 unspecified atom stereocenters. The molecule has 0 saturated carbocycles. The molecule has 0 bridgehead atoms. The minimum atomic E-state index is -1.50. The first-order chi connectivity index (χ1) is 6.70. The van der Waals surface area contributed by atoms with Gasteiger partial charge in [-0.2, -0.15) is 5.26 Å². The number of nitriles is 1. The van der Waals surface area contributed by atoms with Gasteiger partial charge in [-0.1, -0.05) is 0 Å². The maximum atomic E-state index is 9.49. The highest BCUT2D eigenvalue weighted by molar-refractivity contribution is 5.29. The van der Waals surface area contributed by atoms with Gasteiger partial charge in [0.15, 0.2) is 6.10 Å². The van der Waals surface area contributed by atoms with Crippen LogP contribution >= 0.6 is 0 Å². The molecule has 2 N–H and O–H groups in total. The number of ether oxygens (including phenoxy) is 1. The summed E-state index contributed by atoms with van der Waals surface area (Å²) in [7, 11) is 1.42. The lowest BCUT2D eigenvalue weighted by Crippen LogP contribution is -2.17. The molecule has 0 aliphatic rings. The summed E-state index contributed by atoms with van der Waals surface area (Å²) < 4.78 is 4.92. The van der Waals surface area contributed by atoms with Crippen LogP contribution in [0.1, 0.15) is 11.8 Å². The zero-order valence-corrected chi connectivity index (χ0v) is 7.58. The lowest BCUT2D eigenvalue weighted by molar-refractivity contribution is 0.0480. The van der Waals surface area contributed by atoms with Crippen LogP contribution in [0.4, 0.5) is 0 Å². The molecule has 14 heavy (non-hydrogen) atoms. The molecule has 2 atom stereocenters. The van der Waals surface area contributed by atoms with Crippen LogP contribution in [0.25, 0.3) is 0 Å². The van der Waals surface area contributed by atoms with Gasteiger partial charge in [0, 0.05) is 6.20 Å². The van der Waals surface area contributed by atoms with Gasteiger partial charge in [-0.05, 0) is 12.1 Å². The van der Waals surface area contributed by atoms with Crippen molar-refractivity contribution >= 4 is 0 Å². The maximum absolute atomic E-state index is 9.49. The number of hydrogen-bond acceptors (Lipinski definition) is 5. The fraction of sp³-hybridized carbons (Fsp3) is 0.333. The Balaban J connectivity index is 3.00. The van der Waals surface area contributed by atoms with Crippen molar-refractivity contribution < 1.29 is 14.9 Å². The Morgan fingerprint density at radius 2 is 2.29 bits per heavy atom. The first kappa shape index (κ1) is 10.4. The molecule has 0 amide bonds. The molecule has 0 saturated heterocycles. The van der Waals surface area contributed by atoms with Gasteiger partial charge in [-0.3, -0.25) is 4.98 Å². The van der Waals surface area contributed by atoms with Crippen molar-refractivity contribution in [3.63, 3.8) is 0 Å². The Labute approximate surface area is 81.2 Å². The van der Waals surface area contributed by atoms with E-state index in [0.717, 1.165) is 0 Å². The molecule has 1 rings (SSSR count). The van der Waals surface area contributed by atoms with Crippen LogP contribution in [0.5, 0.6) is 5.75 Å². The summed E-state index contributed by atoms with van der Waals surface area (Å²) in [6.45, 7) is 0. The molecule has 5 nitrogen and oxygen atoms in total. The molecule has 5 heteroatoms. The quantitative estimate of drug-likeness (QED) is 0.662. The Morgan fingerprint density at radius 3 is 2.86 bits per heavy atom. The van der Waals surface area contributed by atoms with E-state index in [4.69, 9.17) is 15.1 Å². The summed E-state index contributed by atoms with van der Waals surface area (Å²) in [5.74, 6) is 0.342. The normalized spacial score (nSPS) is 14.1. The molecule has 0 aromatic carbocycles. The molecule has 0 fully saturated rings. The van der Waals surface area contributed by atoms with Crippen LogP contribution in [-0.4, -0.2) is 28.4 Å². The third-order valence-corrected chi connectivity index (χ3v) is 1.73. The van der Waals surface area contributed by atoms with Gasteiger partial charge in [-0.25, -0.2) is 0 Å². The van der Waals surface area contributed by atoms with E-state index in [1.165, 1.54) is 19.4 Å². The summed E-state index contributed by atoms with van der Waals surface area (Å²) in [6, 6.07) is 4.75. The Bertz CT molecular complexity index is 348. The highest BCUT2D eigenvalue weighted by atomic mass is 16.5. The van der Waals surface area contributed by atoms with Crippen molar-refractivity contribution in [1.29, 1.82) is 5.26 Å². The number of aromatic nitrogens is 1. The number of nitrogens with zero attached hydrogens (tertiary/aromatic N) is 2. The van der Waals surface area contributed by atoms with E-state index in [1.54, 1.807) is 12.1 Å². The second-order valence-electron chi connectivity index (χ2n) is 2.61. The highest BCUT2D eigenvalue weighted by Crippen LogP contribution is 2.24. The summed E-state index contributed by atoms with van der Waals surface area (Å²) in [6.07, 6.45) is -1.40. The van der Waals surface area contributed by atoms with Gasteiger partial charge in [0.1, 0.15) is 17.5 Å². The van der Waals surface area contributed by atoms with E-state index in [1.807, 2.05) is 0 Å². The monoisotopic (exact) mass is 194 g/mol. The highest BCUT2D eigenvalue weighted by Gasteiger charge is 2.22. The lowest BCUT2D eigenvalue weighted by Gasteiger charge is -2.13. The Hall–Kier alpha value is -1.64. The Kier molecular flexibility index (Phi) is 3.40. The minimum Gasteiger partial charge on any atom is -0.495 e. The average molecular weight is 194 g/mol. The van der Waals surface area contributed by atoms with Crippen LogP contribution in [0.15, 0.2) is 18.3 Å². The molecule has 0 aliphatic heterocycles. The largest absolute Gasteiger partial charge is 0.495 e. The summed E-state index contributed by atoms with van der Waals surface area (Å²) in [5.41, 5.74) is 0.157. The van der Waals surface area contributed by atoms with E-state index in [0.29, 0.717) is 5.75 Å². The van der Waals surface area contributed by atoms with Crippen LogP contribution in [-0.2, 0) is 0 Å². The topological polar surface area (TPSA) is 86.4 Å². The zero-order valence-electron chi connectivity index (χ0n) is 7.58. The third-order valence-electron chi connectivity index (χ3n) is 1.73. The van der Waals surface area contributed by atoms with Crippen LogP contribution < -0.4 is 4.74 Å². The fourth-order valence-electron chi connectivity index (χ4n) is 1.02. The summed E-state index contributed by atoms with van der Waals surface area (Å²) in [5, 5.41) is 27.0. The molecule has 1 aromatic rings. The summed E-state index contributed by atoms with van der Waals surface area (Å²) in [4.78, 5) is 3.83. The van der Waals surface area contributed by atoms with Crippen molar-refractivity contribution in [2.45, 2.75) is 12.2 Å². The predicted molar refractivity (Wildman–Crippen MR) is 47.4 cm³/mol. The average Bonchev–Trinajstić information content (AvgIpc) is 2.26. The standard InChI is InChI=1S/C9H10N2O3/c1-14-7-3-2-4-11-8(7)9(13)6(12)5-10/h2-4,6,9,12-13H,1H3. The van der Waals surface area contributed by atoms with Crippen molar-refractivity contribution in [2.75, 3.05) is 7.11 Å². The van der Waals surface area contributed by atoms with Crippen molar-refractivity contribution in [3.8, 4) is 11.8 Å². The second-order valence-corrected chi connectivity index (χ2v) is 2.61. The molecular weight excluding hydrogens is 184 g/mol. The van der Waals surface area contributed by atoms with Crippen molar-refractivity contribution in [1.82, 2.24) is 4.98 Å². The van der Waals surface area contributed by atoms with Gasteiger partial charge >= 0.3 is 0 Å². The van der Waals surface area contributed by atoms with Gasteiger partial charge in [-0.15, -0.1) is 0 Å². The van der Waals surface area contributed by atoms with Crippen molar-refractivity contribution in [3.05, 3.63) is 24.0 Å². The van der Waals surface area contributed by atoms with E-state index < -0.39 is 12.2 Å². The maximum Gasteiger partial charge on any atom is 0.172 e. The Morgan fingerprint density at radius 1 is 1.57 bits per heavy atom. The molecule has 1 aromatic heterocycles. The minimum absolute atomic E-state index is 0.157. The van der Waals surface area contributed by atoms with E-state index in [-0.39, 0.29) is 5.69 Å². The van der Waals surface area contributed by atoms with E-state index >= 15 is 0 Å². The van der Waals surface area contributed by atoms with Gasteiger partial charge in [0.25, 0.3) is 0 Å². The van der Waals surface area contributed by atoms with Gasteiger partial charge in [0.05, 0.1) is 13.2 Å². The molecule has 1 heterocycles. The number of aliphatic hydroxyl groups excluding tert-OH is 2. The van der Waals surface area contributed by atoms with Crippen LogP contribution in [0, 0.1) is 11.3 Å². The van der Waals surface area contributed by atoms with Gasteiger partial charge < -0.3 is 14.9 Å². The fourth-order valence-corrected chi connectivity index (χ4v) is 1.02. The first-order valence-corrected chi connectivity index (χ1v) is 3.95. The van der Waals surface area contributed by atoms with Gasteiger partial charge in [0.2, 0.25) is 0 Å². The molecular formula is C9H10N2O3. The first-order valence-electron chi connectivity index (χ1n) is 3.95. The number of hydrogen-bond donors (Lipinski definition) is 2. The smallest absolute Gasteiger partial charge is 0.172 e. The van der Waals surface area contributed by atoms with Crippen LogP contribution in [0.2, 0.25) is 0 Å². The molecule has 0 radical (unpaired) electrons. The molecule has 0 aliphatic carbocycles. The van der Waals surface area contributed by atoms with E-state index in [2.05, 4.69) is 4.98 Å². The predicted octanol–water partition coefficient (Wildman–Crippen LogP) is 0.00808. The third kappa shape index (κ3) is 1.99. The number of methoxy groups -OCH3 is 1. The lowest BCUT2D eigenvalue weighted by atomic mass is 10.1. The van der Waals surface area contributed by atoms with E-state index in [9.17, 15) is 5.11 Å². The number of pyridine rings is 1. The SMILES string of the molecule is COc1cccnc1C(O)C(O)C#N. The summed E-state index contributed by atoms with van der Waals surface area (Å²) >= 11 is 0. The number of aliphatic hydroxyl groups is 2. The van der Waals surface area contributed by atoms with Crippen molar-refractivity contribution in [2.24, 2.45) is 0 Å². The second kappa shape index (κ2) is 4.56.